The van der Waals surface area contributed by atoms with Crippen molar-refractivity contribution in [3.63, 3.8) is 0 Å². The number of amides is 1. The number of carbonyl (C=O) groups excluding carboxylic acids is 1. The molecule has 1 unspecified atom stereocenters. The van der Waals surface area contributed by atoms with E-state index in [9.17, 15) is 4.79 Å². The van der Waals surface area contributed by atoms with Gasteiger partial charge in [-0.1, -0.05) is 12.1 Å². The predicted octanol–water partition coefficient (Wildman–Crippen LogP) is 2.39. The zero-order valence-corrected chi connectivity index (χ0v) is 11.7. The van der Waals surface area contributed by atoms with Crippen LogP contribution in [0.2, 0.25) is 0 Å². The van der Waals surface area contributed by atoms with Crippen LogP contribution < -0.4 is 5.32 Å². The maximum absolute atomic E-state index is 12.2. The molecule has 19 heavy (non-hydrogen) atoms. The van der Waals surface area contributed by atoms with E-state index in [1.54, 1.807) is 0 Å². The first-order valence-corrected chi connectivity index (χ1v) is 7.49. The molecule has 3 rings (SSSR count). The zero-order valence-electron chi connectivity index (χ0n) is 10.9. The molecule has 1 saturated heterocycles. The molecule has 1 aliphatic carbocycles. The average molecular weight is 279 g/mol. The first-order chi connectivity index (χ1) is 9.26. The van der Waals surface area contributed by atoms with Gasteiger partial charge in [0.25, 0.3) is 5.91 Å². The second-order valence-corrected chi connectivity index (χ2v) is 5.79. The Bertz CT molecular complexity index is 473. The number of hydrogen-bond acceptors (Lipinski definition) is 2. The Kier molecular flexibility index (Phi) is 3.76. The lowest BCUT2D eigenvalue weighted by molar-refractivity contribution is 0.0937. The summed E-state index contributed by atoms with van der Waals surface area (Å²) < 4.78 is 0. The molecule has 2 aliphatic rings. The van der Waals surface area contributed by atoms with Crippen LogP contribution in [0.1, 0.15) is 35.2 Å². The molecule has 0 bridgehead atoms. The molecular formula is C15H19ClN2O. The minimum Gasteiger partial charge on any atom is -0.348 e. The highest BCUT2D eigenvalue weighted by molar-refractivity contribution is 6.17. The molecule has 2 fully saturated rings. The van der Waals surface area contributed by atoms with Gasteiger partial charge in [-0.3, -0.25) is 9.69 Å². The summed E-state index contributed by atoms with van der Waals surface area (Å²) in [6.45, 7) is 2.13. The molecule has 4 heteroatoms. The van der Waals surface area contributed by atoms with Crippen molar-refractivity contribution in [3.8, 4) is 0 Å². The molecule has 0 spiro atoms. The number of benzene rings is 1. The summed E-state index contributed by atoms with van der Waals surface area (Å²) in [6.07, 6.45) is 3.73. The lowest BCUT2D eigenvalue weighted by Crippen LogP contribution is -2.37. The van der Waals surface area contributed by atoms with E-state index in [1.807, 2.05) is 24.3 Å². The maximum atomic E-state index is 12.2. The van der Waals surface area contributed by atoms with Crippen LogP contribution >= 0.6 is 11.6 Å². The Balaban J connectivity index is 1.58. The first-order valence-electron chi connectivity index (χ1n) is 6.96. The molecule has 0 aromatic heterocycles. The van der Waals surface area contributed by atoms with E-state index in [2.05, 4.69) is 10.2 Å². The molecular weight excluding hydrogens is 260 g/mol. The number of nitrogens with one attached hydrogen (secondary N) is 1. The summed E-state index contributed by atoms with van der Waals surface area (Å²) in [6, 6.07) is 8.63. The van der Waals surface area contributed by atoms with Gasteiger partial charge in [0.15, 0.2) is 0 Å². The number of likely N-dealkylation sites (tertiary alicyclic amines) is 1. The number of nitrogens with zero attached hydrogens (tertiary/aromatic N) is 1. The van der Waals surface area contributed by atoms with Gasteiger partial charge in [0.1, 0.15) is 0 Å². The van der Waals surface area contributed by atoms with E-state index in [-0.39, 0.29) is 5.91 Å². The number of carbonyl (C=O) groups is 1. The molecule has 1 saturated carbocycles. The van der Waals surface area contributed by atoms with E-state index in [4.69, 9.17) is 11.6 Å². The molecule has 1 aliphatic heterocycles. The topological polar surface area (TPSA) is 32.3 Å². The van der Waals surface area contributed by atoms with Gasteiger partial charge >= 0.3 is 0 Å². The Morgan fingerprint density at radius 3 is 2.95 bits per heavy atom. The number of halogens is 1. The van der Waals surface area contributed by atoms with Crippen LogP contribution in [-0.4, -0.2) is 36.0 Å². The van der Waals surface area contributed by atoms with Crippen molar-refractivity contribution >= 4 is 17.5 Å². The molecule has 1 amide bonds. The molecule has 1 N–H and O–H groups in total. The smallest absolute Gasteiger partial charge is 0.251 e. The van der Waals surface area contributed by atoms with E-state index in [0.29, 0.717) is 17.5 Å². The highest BCUT2D eigenvalue weighted by atomic mass is 35.5. The van der Waals surface area contributed by atoms with E-state index < -0.39 is 0 Å². The fourth-order valence-corrected chi connectivity index (χ4v) is 2.91. The van der Waals surface area contributed by atoms with Gasteiger partial charge in [0, 0.05) is 36.6 Å². The quantitative estimate of drug-likeness (QED) is 0.858. The molecule has 1 aromatic carbocycles. The van der Waals surface area contributed by atoms with Crippen molar-refractivity contribution in [3.05, 3.63) is 35.4 Å². The monoisotopic (exact) mass is 278 g/mol. The maximum Gasteiger partial charge on any atom is 0.251 e. The molecule has 1 heterocycles. The van der Waals surface area contributed by atoms with Gasteiger partial charge < -0.3 is 5.32 Å². The minimum absolute atomic E-state index is 0.0228. The third-order valence-electron chi connectivity index (χ3n) is 3.96. The van der Waals surface area contributed by atoms with Gasteiger partial charge in [0.05, 0.1) is 0 Å². The Morgan fingerprint density at radius 1 is 1.37 bits per heavy atom. The Morgan fingerprint density at radius 2 is 2.21 bits per heavy atom. The predicted molar refractivity (Wildman–Crippen MR) is 76.5 cm³/mol. The third kappa shape index (κ3) is 3.10. The summed E-state index contributed by atoms with van der Waals surface area (Å²) in [7, 11) is 0. The van der Waals surface area contributed by atoms with Crippen LogP contribution in [-0.2, 0) is 5.88 Å². The Hall–Kier alpha value is -1.06. The standard InChI is InChI=1S/C15H19ClN2O/c16-9-11-2-1-3-12(8-11)15(19)17-13-6-7-18(10-13)14-4-5-14/h1-3,8,13-14H,4-7,9-10H2,(H,17,19). The minimum atomic E-state index is 0.0228. The van der Waals surface area contributed by atoms with Gasteiger partial charge in [-0.05, 0) is 37.0 Å². The summed E-state index contributed by atoms with van der Waals surface area (Å²) in [4.78, 5) is 14.7. The van der Waals surface area contributed by atoms with E-state index in [1.165, 1.54) is 12.8 Å². The van der Waals surface area contributed by atoms with Crippen LogP contribution in [0.4, 0.5) is 0 Å². The van der Waals surface area contributed by atoms with Gasteiger partial charge in [0.2, 0.25) is 0 Å². The highest BCUT2D eigenvalue weighted by Gasteiger charge is 2.34. The van der Waals surface area contributed by atoms with Gasteiger partial charge in [-0.2, -0.15) is 0 Å². The number of rotatable bonds is 4. The summed E-state index contributed by atoms with van der Waals surface area (Å²) in [5, 5.41) is 3.14. The third-order valence-corrected chi connectivity index (χ3v) is 4.27. The largest absolute Gasteiger partial charge is 0.348 e. The van der Waals surface area contributed by atoms with Gasteiger partial charge in [-0.15, -0.1) is 11.6 Å². The van der Waals surface area contributed by atoms with Crippen molar-refractivity contribution in [2.24, 2.45) is 0 Å². The molecule has 1 atom stereocenters. The van der Waals surface area contributed by atoms with Crippen molar-refractivity contribution in [1.82, 2.24) is 10.2 Å². The van der Waals surface area contributed by atoms with Crippen LogP contribution in [0.3, 0.4) is 0 Å². The zero-order chi connectivity index (χ0) is 13.2. The Labute approximate surface area is 118 Å². The first kappa shape index (κ1) is 12.9. The van der Waals surface area contributed by atoms with Crippen LogP contribution in [0.5, 0.6) is 0 Å². The SMILES string of the molecule is O=C(NC1CCN(C2CC2)C1)c1cccc(CCl)c1. The summed E-state index contributed by atoms with van der Waals surface area (Å²) >= 11 is 5.80. The normalized spacial score (nSPS) is 23.5. The molecule has 3 nitrogen and oxygen atoms in total. The molecule has 0 radical (unpaired) electrons. The lowest BCUT2D eigenvalue weighted by atomic mass is 10.1. The van der Waals surface area contributed by atoms with Crippen molar-refractivity contribution in [1.29, 1.82) is 0 Å². The summed E-state index contributed by atoms with van der Waals surface area (Å²) in [5.41, 5.74) is 1.70. The number of hydrogen-bond donors (Lipinski definition) is 1. The fraction of sp³-hybridized carbons (Fsp3) is 0.533. The van der Waals surface area contributed by atoms with E-state index in [0.717, 1.165) is 31.1 Å². The highest BCUT2D eigenvalue weighted by Crippen LogP contribution is 2.29. The number of alkyl halides is 1. The van der Waals surface area contributed by atoms with Crippen LogP contribution in [0, 0.1) is 0 Å². The van der Waals surface area contributed by atoms with E-state index >= 15 is 0 Å². The second-order valence-electron chi connectivity index (χ2n) is 5.52. The second kappa shape index (κ2) is 5.51. The van der Waals surface area contributed by atoms with Gasteiger partial charge in [-0.25, -0.2) is 0 Å². The summed E-state index contributed by atoms with van der Waals surface area (Å²) in [5.74, 6) is 0.467. The van der Waals surface area contributed by atoms with Crippen molar-refractivity contribution < 1.29 is 4.79 Å². The van der Waals surface area contributed by atoms with Crippen molar-refractivity contribution in [2.45, 2.75) is 37.2 Å². The molecule has 1 aromatic rings. The van der Waals surface area contributed by atoms with Crippen LogP contribution in [0.25, 0.3) is 0 Å². The average Bonchev–Trinajstić information content (AvgIpc) is 3.19. The van der Waals surface area contributed by atoms with Crippen LogP contribution in [0.15, 0.2) is 24.3 Å². The molecule has 102 valence electrons. The van der Waals surface area contributed by atoms with Crippen molar-refractivity contribution in [2.75, 3.05) is 13.1 Å². The fourth-order valence-electron chi connectivity index (χ4n) is 2.74. The lowest BCUT2D eigenvalue weighted by Gasteiger charge is -2.16.